The van der Waals surface area contributed by atoms with Crippen molar-refractivity contribution in [2.45, 2.75) is 6.92 Å². The van der Waals surface area contributed by atoms with E-state index in [-0.39, 0.29) is 5.52 Å². The Hall–Kier alpha value is -3.01. The number of hydrogen-bond donors (Lipinski definition) is 3. The van der Waals surface area contributed by atoms with Crippen molar-refractivity contribution in [1.82, 2.24) is 30.4 Å². The second-order valence-corrected chi connectivity index (χ2v) is 9.28. The molecule has 1 fully saturated rings. The molecule has 0 aliphatic carbocycles. The maximum absolute atomic E-state index is 16.3. The lowest BCUT2D eigenvalue weighted by molar-refractivity contribution is 0.425. The van der Waals surface area contributed by atoms with Crippen molar-refractivity contribution in [1.29, 1.82) is 0 Å². The molecule has 3 N–H and O–H groups in total. The van der Waals surface area contributed by atoms with Crippen LogP contribution < -0.4 is 15.5 Å². The number of anilines is 2. The SMILES string of the molecule is Cc1ccc2[nH]ncc2c1-c1c(Cl)cc2c(N3CCNCC3)nc(NCCN(C)C)nc2c1F. The quantitative estimate of drug-likeness (QED) is 0.386. The van der Waals surface area contributed by atoms with Crippen molar-refractivity contribution in [2.75, 3.05) is 63.6 Å². The van der Waals surface area contributed by atoms with Gasteiger partial charge in [-0.15, -0.1) is 0 Å². The molecule has 5 rings (SSSR count). The van der Waals surface area contributed by atoms with Gasteiger partial charge in [-0.1, -0.05) is 17.7 Å². The number of nitrogens with one attached hydrogen (secondary N) is 3. The molecule has 1 aliphatic rings. The number of halogens is 2. The van der Waals surface area contributed by atoms with Crippen LogP contribution in [0.3, 0.4) is 0 Å². The summed E-state index contributed by atoms with van der Waals surface area (Å²) < 4.78 is 16.3. The van der Waals surface area contributed by atoms with Crippen molar-refractivity contribution in [3.63, 3.8) is 0 Å². The summed E-state index contributed by atoms with van der Waals surface area (Å²) in [7, 11) is 4.00. The fourth-order valence-corrected chi connectivity index (χ4v) is 4.74. The third kappa shape index (κ3) is 4.15. The van der Waals surface area contributed by atoms with Crippen LogP contribution in [0.5, 0.6) is 0 Å². The summed E-state index contributed by atoms with van der Waals surface area (Å²) in [6.45, 7) is 6.63. The van der Waals surface area contributed by atoms with Crippen LogP contribution in [0.2, 0.25) is 5.02 Å². The van der Waals surface area contributed by atoms with Crippen LogP contribution in [0.1, 0.15) is 5.56 Å². The minimum atomic E-state index is -0.450. The number of benzene rings is 2. The Bertz CT molecular complexity index is 1350. The number of aromatic nitrogens is 4. The van der Waals surface area contributed by atoms with Gasteiger partial charge in [-0.25, -0.2) is 9.37 Å². The summed E-state index contributed by atoms with van der Waals surface area (Å²) >= 11 is 6.77. The topological polar surface area (TPSA) is 85.0 Å². The van der Waals surface area contributed by atoms with Crippen molar-refractivity contribution < 1.29 is 4.39 Å². The van der Waals surface area contributed by atoms with Crippen molar-refractivity contribution in [3.8, 4) is 11.1 Å². The minimum absolute atomic E-state index is 0.259. The zero-order valence-electron chi connectivity index (χ0n) is 19.5. The molecule has 1 saturated heterocycles. The smallest absolute Gasteiger partial charge is 0.225 e. The first-order chi connectivity index (χ1) is 16.4. The van der Waals surface area contributed by atoms with Gasteiger partial charge in [0.25, 0.3) is 0 Å². The van der Waals surface area contributed by atoms with Crippen LogP contribution in [-0.4, -0.2) is 78.4 Å². The summed E-state index contributed by atoms with van der Waals surface area (Å²) in [6, 6.07) is 5.68. The molecular formula is C24H28ClFN8. The molecule has 10 heteroatoms. The van der Waals surface area contributed by atoms with Gasteiger partial charge in [-0.05, 0) is 38.7 Å². The van der Waals surface area contributed by atoms with Crippen LogP contribution >= 0.6 is 11.6 Å². The molecule has 4 aromatic rings. The van der Waals surface area contributed by atoms with E-state index in [1.165, 1.54) is 0 Å². The predicted molar refractivity (Wildman–Crippen MR) is 136 cm³/mol. The van der Waals surface area contributed by atoms with E-state index in [0.717, 1.165) is 54.8 Å². The van der Waals surface area contributed by atoms with Gasteiger partial charge < -0.3 is 20.4 Å². The average molecular weight is 483 g/mol. The maximum Gasteiger partial charge on any atom is 0.225 e. The average Bonchev–Trinajstić information content (AvgIpc) is 3.30. The van der Waals surface area contributed by atoms with Crippen molar-refractivity contribution in [2.24, 2.45) is 0 Å². The first-order valence-corrected chi connectivity index (χ1v) is 11.8. The number of aryl methyl sites for hydroxylation is 1. The Morgan fingerprint density at radius 1 is 1.15 bits per heavy atom. The van der Waals surface area contributed by atoms with Gasteiger partial charge in [0.1, 0.15) is 11.3 Å². The second-order valence-electron chi connectivity index (χ2n) is 8.87. The van der Waals surface area contributed by atoms with Gasteiger partial charge in [-0.3, -0.25) is 5.10 Å². The number of H-pyrrole nitrogens is 1. The number of hydrogen-bond acceptors (Lipinski definition) is 7. The lowest BCUT2D eigenvalue weighted by atomic mass is 9.95. The summed E-state index contributed by atoms with van der Waals surface area (Å²) in [4.78, 5) is 13.6. The van der Waals surface area contributed by atoms with Crippen LogP contribution in [0.15, 0.2) is 24.4 Å². The van der Waals surface area contributed by atoms with E-state index in [0.29, 0.717) is 34.3 Å². The molecule has 0 amide bonds. The number of fused-ring (bicyclic) bond motifs is 2. The molecule has 0 bridgehead atoms. The van der Waals surface area contributed by atoms with E-state index < -0.39 is 5.82 Å². The van der Waals surface area contributed by atoms with E-state index in [1.807, 2.05) is 33.2 Å². The molecule has 0 atom stereocenters. The standard InChI is InChI=1S/C24H28ClFN8/c1-14-4-5-18-16(13-29-32-18)19(14)20-17(25)12-15-22(21(20)26)30-24(28-8-9-33(2)3)31-23(15)34-10-6-27-7-11-34/h4-5,12-13,27H,6-11H2,1-3H3,(H,29,32)(H,28,30,31). The normalized spacial score (nSPS) is 14.5. The maximum atomic E-state index is 16.3. The lowest BCUT2D eigenvalue weighted by Crippen LogP contribution is -2.44. The van der Waals surface area contributed by atoms with Crippen LogP contribution in [-0.2, 0) is 0 Å². The number of aromatic amines is 1. The van der Waals surface area contributed by atoms with Gasteiger partial charge in [0.2, 0.25) is 5.95 Å². The Kier molecular flexibility index (Phi) is 6.24. The summed E-state index contributed by atoms with van der Waals surface area (Å²) in [6.07, 6.45) is 1.71. The van der Waals surface area contributed by atoms with Gasteiger partial charge in [0.15, 0.2) is 5.82 Å². The molecule has 8 nitrogen and oxygen atoms in total. The van der Waals surface area contributed by atoms with Crippen LogP contribution in [0, 0.1) is 12.7 Å². The van der Waals surface area contributed by atoms with Crippen LogP contribution in [0.4, 0.5) is 16.2 Å². The molecule has 178 valence electrons. The van der Waals surface area contributed by atoms with Gasteiger partial charge in [-0.2, -0.15) is 10.1 Å². The lowest BCUT2D eigenvalue weighted by Gasteiger charge is -2.29. The third-order valence-corrected chi connectivity index (χ3v) is 6.50. The predicted octanol–water partition coefficient (Wildman–Crippen LogP) is 3.66. The molecule has 2 aromatic carbocycles. The van der Waals surface area contributed by atoms with E-state index >= 15 is 4.39 Å². The molecule has 0 unspecified atom stereocenters. The molecule has 0 spiro atoms. The highest BCUT2D eigenvalue weighted by molar-refractivity contribution is 6.35. The first kappa shape index (κ1) is 22.8. The van der Waals surface area contributed by atoms with Crippen molar-refractivity contribution in [3.05, 3.63) is 40.8 Å². The monoisotopic (exact) mass is 482 g/mol. The van der Waals surface area contributed by atoms with E-state index in [1.54, 1.807) is 12.3 Å². The molecule has 0 saturated carbocycles. The largest absolute Gasteiger partial charge is 0.353 e. The summed E-state index contributed by atoms with van der Waals surface area (Å²) in [5, 5.41) is 15.5. The molecule has 3 heterocycles. The molecular weight excluding hydrogens is 455 g/mol. The summed E-state index contributed by atoms with van der Waals surface area (Å²) in [5.41, 5.74) is 3.05. The van der Waals surface area contributed by atoms with Crippen LogP contribution in [0.25, 0.3) is 32.9 Å². The number of likely N-dealkylation sites (N-methyl/N-ethyl adjacent to an activating group) is 1. The van der Waals surface area contributed by atoms with Crippen molar-refractivity contribution >= 4 is 45.2 Å². The Morgan fingerprint density at radius 3 is 2.71 bits per heavy atom. The van der Waals surface area contributed by atoms with Gasteiger partial charge in [0, 0.05) is 61.2 Å². The number of nitrogens with zero attached hydrogens (tertiary/aromatic N) is 5. The zero-order chi connectivity index (χ0) is 23.8. The Balaban J connectivity index is 1.72. The highest BCUT2D eigenvalue weighted by Crippen LogP contribution is 2.42. The van der Waals surface area contributed by atoms with E-state index in [4.69, 9.17) is 16.6 Å². The first-order valence-electron chi connectivity index (χ1n) is 11.4. The van der Waals surface area contributed by atoms with Gasteiger partial charge >= 0.3 is 0 Å². The third-order valence-electron chi connectivity index (χ3n) is 6.20. The minimum Gasteiger partial charge on any atom is -0.353 e. The Labute approximate surface area is 202 Å². The zero-order valence-corrected chi connectivity index (χ0v) is 20.3. The second kappa shape index (κ2) is 9.32. The van der Waals surface area contributed by atoms with E-state index in [9.17, 15) is 0 Å². The highest BCUT2D eigenvalue weighted by Gasteiger charge is 2.24. The molecule has 0 radical (unpaired) electrons. The molecule has 34 heavy (non-hydrogen) atoms. The highest BCUT2D eigenvalue weighted by atomic mass is 35.5. The van der Waals surface area contributed by atoms with E-state index in [2.05, 4.69) is 35.6 Å². The Morgan fingerprint density at radius 2 is 1.94 bits per heavy atom. The molecule has 2 aromatic heterocycles. The fraction of sp³-hybridized carbons (Fsp3) is 0.375. The summed E-state index contributed by atoms with van der Waals surface area (Å²) in [5.74, 6) is 0.659. The fourth-order valence-electron chi connectivity index (χ4n) is 4.46. The number of rotatable bonds is 6. The number of piperazine rings is 1. The molecule has 1 aliphatic heterocycles. The van der Waals surface area contributed by atoms with Gasteiger partial charge in [0.05, 0.1) is 16.7 Å².